The Kier molecular flexibility index (Phi) is 2.37. The third-order valence-corrected chi connectivity index (χ3v) is 3.76. The number of H-pyrrole nitrogens is 1. The maximum atomic E-state index is 11.9. The molecule has 0 radical (unpaired) electrons. The Balaban J connectivity index is 2.27. The molecule has 0 aliphatic carbocycles. The SMILES string of the molecule is O=c1[nH]c2c(Br)cccc2n1C1CCNC1. The molecule has 2 N–H and O–H groups in total. The molecule has 1 aromatic carbocycles. The molecule has 1 fully saturated rings. The third kappa shape index (κ3) is 1.43. The van der Waals surface area contributed by atoms with Gasteiger partial charge in [0.2, 0.25) is 0 Å². The van der Waals surface area contributed by atoms with Crippen LogP contribution in [0.2, 0.25) is 0 Å². The molecular weight excluding hydrogens is 270 g/mol. The van der Waals surface area contributed by atoms with E-state index in [1.807, 2.05) is 22.8 Å². The molecule has 1 aromatic heterocycles. The Bertz CT molecular complexity index is 580. The zero-order chi connectivity index (χ0) is 11.1. The van der Waals surface area contributed by atoms with E-state index in [0.717, 1.165) is 35.0 Å². The molecule has 3 rings (SSSR count). The lowest BCUT2D eigenvalue weighted by atomic mass is 10.2. The highest BCUT2D eigenvalue weighted by Gasteiger charge is 2.21. The first-order valence-electron chi connectivity index (χ1n) is 5.37. The van der Waals surface area contributed by atoms with Crippen LogP contribution in [0, 0.1) is 0 Å². The Morgan fingerprint density at radius 2 is 2.31 bits per heavy atom. The average molecular weight is 282 g/mol. The number of nitrogens with zero attached hydrogens (tertiary/aromatic N) is 1. The number of nitrogens with one attached hydrogen (secondary N) is 2. The monoisotopic (exact) mass is 281 g/mol. The van der Waals surface area contributed by atoms with Crippen LogP contribution in [0.25, 0.3) is 11.0 Å². The molecule has 0 saturated carbocycles. The predicted molar refractivity (Wildman–Crippen MR) is 66.8 cm³/mol. The van der Waals surface area contributed by atoms with Crippen molar-refractivity contribution in [2.45, 2.75) is 12.5 Å². The van der Waals surface area contributed by atoms with Crippen molar-refractivity contribution < 1.29 is 0 Å². The minimum atomic E-state index is -0.0180. The zero-order valence-electron chi connectivity index (χ0n) is 8.66. The molecule has 16 heavy (non-hydrogen) atoms. The summed E-state index contributed by atoms with van der Waals surface area (Å²) < 4.78 is 2.80. The molecule has 5 heteroatoms. The van der Waals surface area contributed by atoms with Gasteiger partial charge in [0, 0.05) is 11.0 Å². The van der Waals surface area contributed by atoms with E-state index in [4.69, 9.17) is 0 Å². The number of aromatic amines is 1. The molecule has 1 saturated heterocycles. The molecule has 1 aliphatic rings. The van der Waals surface area contributed by atoms with Gasteiger partial charge in [0.1, 0.15) is 0 Å². The highest BCUT2D eigenvalue weighted by molar-refractivity contribution is 9.10. The molecule has 2 aromatic rings. The summed E-state index contributed by atoms with van der Waals surface area (Å²) in [7, 11) is 0. The van der Waals surface area contributed by atoms with Crippen molar-refractivity contribution in [2.75, 3.05) is 13.1 Å². The van der Waals surface area contributed by atoms with Crippen LogP contribution in [0.1, 0.15) is 12.5 Å². The molecule has 2 heterocycles. The Morgan fingerprint density at radius 3 is 3.06 bits per heavy atom. The van der Waals surface area contributed by atoms with Crippen LogP contribution in [0.4, 0.5) is 0 Å². The number of fused-ring (bicyclic) bond motifs is 1. The smallest absolute Gasteiger partial charge is 0.315 e. The summed E-state index contributed by atoms with van der Waals surface area (Å²) in [6.07, 6.45) is 1.01. The minimum absolute atomic E-state index is 0.0180. The zero-order valence-corrected chi connectivity index (χ0v) is 10.3. The van der Waals surface area contributed by atoms with Gasteiger partial charge in [-0.05, 0) is 41.0 Å². The summed E-state index contributed by atoms with van der Waals surface area (Å²) in [6, 6.07) is 6.15. The van der Waals surface area contributed by atoms with E-state index in [9.17, 15) is 4.79 Å². The number of benzene rings is 1. The number of halogens is 1. The van der Waals surface area contributed by atoms with E-state index >= 15 is 0 Å². The number of imidazole rings is 1. The fraction of sp³-hybridized carbons (Fsp3) is 0.364. The van der Waals surface area contributed by atoms with Crippen LogP contribution in [0.5, 0.6) is 0 Å². The maximum Gasteiger partial charge on any atom is 0.326 e. The molecular formula is C11H12BrN3O. The fourth-order valence-electron chi connectivity index (χ4n) is 2.34. The van der Waals surface area contributed by atoms with Crippen molar-refractivity contribution in [3.05, 3.63) is 33.2 Å². The normalized spacial score (nSPS) is 20.7. The summed E-state index contributed by atoms with van der Waals surface area (Å²) in [5.74, 6) is 0. The van der Waals surface area contributed by atoms with Crippen LogP contribution < -0.4 is 11.0 Å². The van der Waals surface area contributed by atoms with Crippen LogP contribution in [0.3, 0.4) is 0 Å². The fourth-order valence-corrected chi connectivity index (χ4v) is 2.79. The van der Waals surface area contributed by atoms with E-state index in [-0.39, 0.29) is 11.7 Å². The van der Waals surface area contributed by atoms with Gasteiger partial charge in [-0.2, -0.15) is 0 Å². The van der Waals surface area contributed by atoms with E-state index < -0.39 is 0 Å². The van der Waals surface area contributed by atoms with Crippen molar-refractivity contribution in [1.82, 2.24) is 14.9 Å². The van der Waals surface area contributed by atoms with E-state index in [1.165, 1.54) is 0 Å². The quantitative estimate of drug-likeness (QED) is 0.835. The lowest BCUT2D eigenvalue weighted by Crippen LogP contribution is -2.23. The number of aromatic nitrogens is 2. The van der Waals surface area contributed by atoms with Gasteiger partial charge in [-0.25, -0.2) is 4.79 Å². The largest absolute Gasteiger partial charge is 0.326 e. The summed E-state index contributed by atoms with van der Waals surface area (Å²) in [5, 5.41) is 3.28. The molecule has 1 unspecified atom stereocenters. The van der Waals surface area contributed by atoms with Crippen molar-refractivity contribution in [3.63, 3.8) is 0 Å². The van der Waals surface area contributed by atoms with Gasteiger partial charge >= 0.3 is 5.69 Å². The summed E-state index contributed by atoms with van der Waals surface area (Å²) in [4.78, 5) is 14.8. The van der Waals surface area contributed by atoms with Gasteiger partial charge in [0.05, 0.1) is 17.1 Å². The highest BCUT2D eigenvalue weighted by Crippen LogP contribution is 2.24. The molecule has 4 nitrogen and oxygen atoms in total. The maximum absolute atomic E-state index is 11.9. The number of para-hydroxylation sites is 1. The van der Waals surface area contributed by atoms with Crippen molar-refractivity contribution in [2.24, 2.45) is 0 Å². The summed E-state index contributed by atoms with van der Waals surface area (Å²) in [6.45, 7) is 1.86. The number of hydrogen-bond donors (Lipinski definition) is 2. The van der Waals surface area contributed by atoms with Gasteiger partial charge in [0.25, 0.3) is 0 Å². The number of hydrogen-bond acceptors (Lipinski definition) is 2. The molecule has 0 bridgehead atoms. The average Bonchev–Trinajstić information content (AvgIpc) is 2.85. The first-order chi connectivity index (χ1) is 7.77. The lowest BCUT2D eigenvalue weighted by Gasteiger charge is -2.10. The predicted octanol–water partition coefficient (Wildman–Crippen LogP) is 1.63. The van der Waals surface area contributed by atoms with E-state index in [0.29, 0.717) is 0 Å². The second kappa shape index (κ2) is 3.75. The summed E-state index contributed by atoms with van der Waals surface area (Å²) >= 11 is 3.45. The van der Waals surface area contributed by atoms with Gasteiger partial charge in [0.15, 0.2) is 0 Å². The third-order valence-electron chi connectivity index (χ3n) is 3.10. The van der Waals surface area contributed by atoms with E-state index in [1.54, 1.807) is 0 Å². The Hall–Kier alpha value is -1.07. The first kappa shape index (κ1) is 10.1. The molecule has 0 amide bonds. The molecule has 0 spiro atoms. The van der Waals surface area contributed by atoms with Crippen LogP contribution in [0.15, 0.2) is 27.5 Å². The van der Waals surface area contributed by atoms with Gasteiger partial charge in [-0.1, -0.05) is 6.07 Å². The second-order valence-electron chi connectivity index (χ2n) is 4.08. The highest BCUT2D eigenvalue weighted by atomic mass is 79.9. The Labute approximate surface area is 101 Å². The van der Waals surface area contributed by atoms with Gasteiger partial charge in [-0.3, -0.25) is 4.57 Å². The van der Waals surface area contributed by atoms with Crippen LogP contribution in [-0.4, -0.2) is 22.6 Å². The molecule has 1 atom stereocenters. The van der Waals surface area contributed by atoms with Crippen molar-refractivity contribution in [3.8, 4) is 0 Å². The van der Waals surface area contributed by atoms with Crippen molar-refractivity contribution in [1.29, 1.82) is 0 Å². The van der Waals surface area contributed by atoms with Crippen LogP contribution in [-0.2, 0) is 0 Å². The topological polar surface area (TPSA) is 49.8 Å². The lowest BCUT2D eigenvalue weighted by molar-refractivity contribution is 0.546. The minimum Gasteiger partial charge on any atom is -0.315 e. The standard InChI is InChI=1S/C11H12BrN3O/c12-8-2-1-3-9-10(8)14-11(16)15(9)7-4-5-13-6-7/h1-3,7,13H,4-6H2,(H,14,16). The van der Waals surface area contributed by atoms with Gasteiger partial charge in [-0.15, -0.1) is 0 Å². The number of rotatable bonds is 1. The summed E-state index contributed by atoms with van der Waals surface area (Å²) in [5.41, 5.74) is 1.85. The Morgan fingerprint density at radius 1 is 1.44 bits per heavy atom. The second-order valence-corrected chi connectivity index (χ2v) is 4.94. The molecule has 84 valence electrons. The molecule has 1 aliphatic heterocycles. The van der Waals surface area contributed by atoms with E-state index in [2.05, 4.69) is 26.2 Å². The van der Waals surface area contributed by atoms with Crippen molar-refractivity contribution >= 4 is 27.0 Å². The van der Waals surface area contributed by atoms with Crippen LogP contribution >= 0.6 is 15.9 Å². The van der Waals surface area contributed by atoms with Gasteiger partial charge < -0.3 is 10.3 Å². The first-order valence-corrected chi connectivity index (χ1v) is 6.16.